The fourth-order valence-corrected chi connectivity index (χ4v) is 3.19. The van der Waals surface area contributed by atoms with E-state index >= 15 is 0 Å². The number of nitrogens with one attached hydrogen (secondary N) is 1. The highest BCUT2D eigenvalue weighted by molar-refractivity contribution is 5.97. The summed E-state index contributed by atoms with van der Waals surface area (Å²) in [6, 6.07) is 23.8. The Labute approximate surface area is 208 Å². The van der Waals surface area contributed by atoms with Crippen LogP contribution in [0.4, 0.5) is 11.4 Å². The van der Waals surface area contributed by atoms with Crippen molar-refractivity contribution in [2.24, 2.45) is 0 Å². The lowest BCUT2D eigenvalue weighted by Crippen LogP contribution is -2.35. The van der Waals surface area contributed by atoms with Crippen LogP contribution in [0.3, 0.4) is 0 Å². The molecule has 0 bridgehead atoms. The lowest BCUT2D eigenvalue weighted by atomic mass is 10.2. The highest BCUT2D eigenvalue weighted by Gasteiger charge is 2.18. The second-order valence-electron chi connectivity index (χ2n) is 7.46. The molecule has 0 spiro atoms. The Bertz CT molecular complexity index is 1220. The molecule has 3 aromatic rings. The number of anilines is 2. The molecule has 3 aromatic carbocycles. The predicted octanol–water partition coefficient (Wildman–Crippen LogP) is 3.82. The standard InChI is InChI=1S/C27H25N3O6/c1-34-24-10-5-7-21(17-24)29-25(31)18-35-23-13-11-20(12-14-23)27(33)36-19-26(32)30(16-6-15-28)22-8-3-2-4-9-22/h2-5,7-14,17H,6,16,18-19H2,1H3,(H,29,31). The number of carbonyl (C=O) groups is 3. The van der Waals surface area contributed by atoms with Crippen LogP contribution in [0.25, 0.3) is 0 Å². The Morgan fingerprint density at radius 2 is 1.67 bits per heavy atom. The Morgan fingerprint density at radius 1 is 0.917 bits per heavy atom. The molecule has 0 aliphatic rings. The van der Waals surface area contributed by atoms with Crippen LogP contribution in [0.15, 0.2) is 78.9 Å². The second-order valence-corrected chi connectivity index (χ2v) is 7.46. The van der Waals surface area contributed by atoms with Crippen molar-refractivity contribution in [2.45, 2.75) is 6.42 Å². The minimum Gasteiger partial charge on any atom is -0.497 e. The Hall–Kier alpha value is -4.84. The summed E-state index contributed by atoms with van der Waals surface area (Å²) < 4.78 is 15.8. The van der Waals surface area contributed by atoms with E-state index in [9.17, 15) is 14.4 Å². The summed E-state index contributed by atoms with van der Waals surface area (Å²) in [7, 11) is 1.54. The van der Waals surface area contributed by atoms with Gasteiger partial charge < -0.3 is 24.4 Å². The summed E-state index contributed by atoms with van der Waals surface area (Å²) >= 11 is 0. The van der Waals surface area contributed by atoms with E-state index in [0.717, 1.165) is 0 Å². The number of carbonyl (C=O) groups excluding carboxylic acids is 3. The zero-order chi connectivity index (χ0) is 25.8. The number of hydrogen-bond donors (Lipinski definition) is 1. The van der Waals surface area contributed by atoms with Crippen molar-refractivity contribution in [2.75, 3.05) is 37.1 Å². The first-order valence-electron chi connectivity index (χ1n) is 11.1. The number of para-hydroxylation sites is 1. The summed E-state index contributed by atoms with van der Waals surface area (Å²) in [4.78, 5) is 38.6. The molecule has 0 fully saturated rings. The number of amides is 2. The van der Waals surface area contributed by atoms with Crippen LogP contribution < -0.4 is 19.7 Å². The quantitative estimate of drug-likeness (QED) is 0.409. The lowest BCUT2D eigenvalue weighted by Gasteiger charge is -2.21. The predicted molar refractivity (Wildman–Crippen MR) is 133 cm³/mol. The first kappa shape index (κ1) is 25.8. The zero-order valence-corrected chi connectivity index (χ0v) is 19.7. The summed E-state index contributed by atoms with van der Waals surface area (Å²) in [5.74, 6) is -0.474. The lowest BCUT2D eigenvalue weighted by molar-refractivity contribution is -0.121. The normalized spacial score (nSPS) is 10.0. The third-order valence-corrected chi connectivity index (χ3v) is 4.96. The molecular weight excluding hydrogens is 462 g/mol. The molecule has 0 saturated heterocycles. The van der Waals surface area contributed by atoms with Crippen LogP contribution in [0.5, 0.6) is 11.5 Å². The van der Waals surface area contributed by atoms with Gasteiger partial charge in [0.25, 0.3) is 11.8 Å². The van der Waals surface area contributed by atoms with Gasteiger partial charge >= 0.3 is 5.97 Å². The van der Waals surface area contributed by atoms with Gasteiger partial charge in [-0.05, 0) is 48.5 Å². The Kier molecular flexibility index (Phi) is 9.42. The average Bonchev–Trinajstić information content (AvgIpc) is 2.91. The van der Waals surface area contributed by atoms with Crippen LogP contribution >= 0.6 is 0 Å². The average molecular weight is 488 g/mol. The number of ether oxygens (including phenoxy) is 3. The smallest absolute Gasteiger partial charge is 0.338 e. The molecule has 0 unspecified atom stereocenters. The van der Waals surface area contributed by atoms with E-state index in [-0.39, 0.29) is 31.0 Å². The van der Waals surface area contributed by atoms with Crippen LogP contribution in [-0.4, -0.2) is 44.7 Å². The van der Waals surface area contributed by atoms with Gasteiger partial charge in [0.05, 0.1) is 25.2 Å². The molecule has 0 aromatic heterocycles. The molecule has 184 valence electrons. The van der Waals surface area contributed by atoms with Crippen molar-refractivity contribution in [3.05, 3.63) is 84.4 Å². The van der Waals surface area contributed by atoms with Gasteiger partial charge in [-0.15, -0.1) is 0 Å². The summed E-state index contributed by atoms with van der Waals surface area (Å²) in [6.07, 6.45) is 0.146. The molecule has 0 aliphatic heterocycles. The fraction of sp³-hybridized carbons (Fsp3) is 0.185. The van der Waals surface area contributed by atoms with Crippen molar-refractivity contribution < 1.29 is 28.6 Å². The maximum Gasteiger partial charge on any atom is 0.338 e. The van der Waals surface area contributed by atoms with Crippen molar-refractivity contribution in [3.63, 3.8) is 0 Å². The van der Waals surface area contributed by atoms with Gasteiger partial charge in [-0.3, -0.25) is 9.59 Å². The second kappa shape index (κ2) is 13.2. The van der Waals surface area contributed by atoms with Crippen LogP contribution in [0.1, 0.15) is 16.8 Å². The molecule has 2 amide bonds. The van der Waals surface area contributed by atoms with Gasteiger partial charge in [0, 0.05) is 24.0 Å². The van der Waals surface area contributed by atoms with Gasteiger partial charge in [-0.25, -0.2) is 4.79 Å². The minimum absolute atomic E-state index is 0.146. The fourth-order valence-electron chi connectivity index (χ4n) is 3.19. The van der Waals surface area contributed by atoms with Gasteiger partial charge in [-0.2, -0.15) is 5.26 Å². The van der Waals surface area contributed by atoms with Crippen molar-refractivity contribution in [3.8, 4) is 17.6 Å². The number of benzene rings is 3. The van der Waals surface area contributed by atoms with Gasteiger partial charge in [0.15, 0.2) is 13.2 Å². The highest BCUT2D eigenvalue weighted by Crippen LogP contribution is 2.18. The SMILES string of the molecule is COc1cccc(NC(=O)COc2ccc(C(=O)OCC(=O)N(CCC#N)c3ccccc3)cc2)c1. The van der Waals surface area contributed by atoms with Gasteiger partial charge in [0.2, 0.25) is 0 Å². The van der Waals surface area contributed by atoms with Crippen molar-refractivity contribution >= 4 is 29.2 Å². The van der Waals surface area contributed by atoms with Gasteiger partial charge in [0.1, 0.15) is 11.5 Å². The number of nitriles is 1. The monoisotopic (exact) mass is 487 g/mol. The third kappa shape index (κ3) is 7.60. The molecule has 0 radical (unpaired) electrons. The van der Waals surface area contributed by atoms with E-state index < -0.39 is 18.5 Å². The summed E-state index contributed by atoms with van der Waals surface area (Å²) in [6.45, 7) is -0.510. The molecule has 0 saturated carbocycles. The maximum atomic E-state index is 12.6. The van der Waals surface area contributed by atoms with E-state index in [1.807, 2.05) is 12.1 Å². The summed E-state index contributed by atoms with van der Waals surface area (Å²) in [5.41, 5.74) is 1.42. The molecule has 0 atom stereocenters. The van der Waals surface area contributed by atoms with Crippen LogP contribution in [0, 0.1) is 11.3 Å². The Balaban J connectivity index is 1.49. The van der Waals surface area contributed by atoms with Gasteiger partial charge in [-0.1, -0.05) is 24.3 Å². The summed E-state index contributed by atoms with van der Waals surface area (Å²) in [5, 5.41) is 11.6. The number of esters is 1. The highest BCUT2D eigenvalue weighted by atomic mass is 16.5. The molecular formula is C27H25N3O6. The van der Waals surface area contributed by atoms with Crippen molar-refractivity contribution in [1.29, 1.82) is 5.26 Å². The molecule has 9 nitrogen and oxygen atoms in total. The van der Waals surface area contributed by atoms with E-state index in [2.05, 4.69) is 5.32 Å². The molecule has 3 rings (SSSR count). The Morgan fingerprint density at radius 3 is 2.36 bits per heavy atom. The van der Waals surface area contributed by atoms with E-state index in [1.54, 1.807) is 48.5 Å². The number of nitrogens with zero attached hydrogens (tertiary/aromatic N) is 2. The number of methoxy groups -OCH3 is 1. The van der Waals surface area contributed by atoms with E-state index in [0.29, 0.717) is 22.9 Å². The first-order chi connectivity index (χ1) is 17.5. The van der Waals surface area contributed by atoms with Crippen LogP contribution in [0.2, 0.25) is 0 Å². The largest absolute Gasteiger partial charge is 0.497 e. The molecule has 9 heteroatoms. The van der Waals surface area contributed by atoms with Crippen LogP contribution in [-0.2, 0) is 14.3 Å². The molecule has 36 heavy (non-hydrogen) atoms. The first-order valence-corrected chi connectivity index (χ1v) is 11.1. The maximum absolute atomic E-state index is 12.6. The molecule has 0 aliphatic carbocycles. The van der Waals surface area contributed by atoms with Crippen molar-refractivity contribution in [1.82, 2.24) is 0 Å². The number of rotatable bonds is 11. The molecule has 0 heterocycles. The van der Waals surface area contributed by atoms with E-state index in [1.165, 1.54) is 36.3 Å². The number of hydrogen-bond acceptors (Lipinski definition) is 7. The third-order valence-electron chi connectivity index (χ3n) is 4.96. The zero-order valence-electron chi connectivity index (χ0n) is 19.7. The minimum atomic E-state index is -0.682. The topological polar surface area (TPSA) is 118 Å². The van der Waals surface area contributed by atoms with E-state index in [4.69, 9.17) is 19.5 Å². The molecule has 1 N–H and O–H groups in total.